The van der Waals surface area contributed by atoms with Crippen LogP contribution in [0.15, 0.2) is 14.4 Å². The smallest absolute Gasteiger partial charge is 0.247 e. The molecule has 0 fully saturated rings. The molecule has 1 aromatic heterocycles. The van der Waals surface area contributed by atoms with Crippen molar-refractivity contribution in [3.8, 4) is 0 Å². The Bertz CT molecular complexity index is 590. The van der Waals surface area contributed by atoms with Gasteiger partial charge in [-0.2, -0.15) is 37.0 Å². The minimum Gasteiger partial charge on any atom is -0.247 e. The zero-order chi connectivity index (χ0) is 16.5. The third-order valence-corrected chi connectivity index (χ3v) is 4.52. The molecule has 0 unspecified atom stereocenters. The molecule has 9 heteroatoms. The molecular formula is C13H23N3O3S3. The topological polar surface area (TPSA) is 66.0 Å². The molecule has 22 heavy (non-hydrogen) atoms. The largest absolute Gasteiger partial charge is 0.336 e. The van der Waals surface area contributed by atoms with Crippen LogP contribution in [0.2, 0.25) is 0 Å². The second-order valence-electron chi connectivity index (χ2n) is 4.80. The summed E-state index contributed by atoms with van der Waals surface area (Å²) in [6.45, 7) is 0.899. The molecule has 1 heterocycles. The van der Waals surface area contributed by atoms with E-state index in [1.807, 2.05) is 6.26 Å². The molecule has 0 spiro atoms. The lowest BCUT2D eigenvalue weighted by Crippen LogP contribution is -2.54. The molecule has 0 aromatic carbocycles. The number of rotatable bonds is 10. The number of thiol groups is 2. The number of hydrogen-bond acceptors (Lipinski definition) is 6. The molecule has 0 N–H and O–H groups in total. The first-order chi connectivity index (χ1) is 10.6. The predicted octanol–water partition coefficient (Wildman–Crippen LogP) is 0.565. The fourth-order valence-electron chi connectivity index (χ4n) is 2.08. The highest BCUT2D eigenvalue weighted by atomic mass is 32.2. The Morgan fingerprint density at radius 3 is 1.45 bits per heavy atom. The molecule has 0 aliphatic heterocycles. The van der Waals surface area contributed by atoms with Gasteiger partial charge in [0.25, 0.3) is 0 Å². The van der Waals surface area contributed by atoms with Gasteiger partial charge in [-0.15, -0.1) is 0 Å². The monoisotopic (exact) mass is 365 g/mol. The van der Waals surface area contributed by atoms with Crippen molar-refractivity contribution in [2.24, 2.45) is 0 Å². The van der Waals surface area contributed by atoms with Crippen LogP contribution in [0, 0.1) is 0 Å². The first-order valence-electron chi connectivity index (χ1n) is 7.23. The van der Waals surface area contributed by atoms with Gasteiger partial charge in [-0.3, -0.25) is 0 Å². The van der Waals surface area contributed by atoms with Crippen molar-refractivity contribution in [2.75, 3.05) is 23.5 Å². The normalized spacial score (nSPS) is 11.0. The van der Waals surface area contributed by atoms with Gasteiger partial charge in [0.05, 0.1) is 0 Å². The Labute approximate surface area is 144 Å². The third kappa shape index (κ3) is 4.99. The van der Waals surface area contributed by atoms with Crippen LogP contribution in [0.5, 0.6) is 0 Å². The van der Waals surface area contributed by atoms with Crippen LogP contribution in [0.3, 0.4) is 0 Å². The number of nitrogens with zero attached hydrogens (tertiary/aromatic N) is 3. The van der Waals surface area contributed by atoms with E-state index in [0.29, 0.717) is 37.3 Å². The second-order valence-corrected chi connectivity index (χ2v) is 6.68. The van der Waals surface area contributed by atoms with Gasteiger partial charge in [0.2, 0.25) is 0 Å². The molecule has 1 rings (SSSR count). The van der Waals surface area contributed by atoms with Crippen LogP contribution in [0.25, 0.3) is 0 Å². The Balaban J connectivity index is 3.31. The lowest BCUT2D eigenvalue weighted by atomic mass is 10.4. The third-order valence-electron chi connectivity index (χ3n) is 3.20. The summed E-state index contributed by atoms with van der Waals surface area (Å²) in [7, 11) is 0. The van der Waals surface area contributed by atoms with Gasteiger partial charge < -0.3 is 0 Å². The Morgan fingerprint density at radius 1 is 0.773 bits per heavy atom. The molecule has 0 radical (unpaired) electrons. The molecule has 6 nitrogen and oxygen atoms in total. The quantitative estimate of drug-likeness (QED) is 0.470. The Kier molecular flexibility index (Phi) is 9.11. The van der Waals surface area contributed by atoms with Gasteiger partial charge >= 0.3 is 17.1 Å². The van der Waals surface area contributed by atoms with E-state index in [-0.39, 0.29) is 13.1 Å². The van der Waals surface area contributed by atoms with Crippen LogP contribution in [0.4, 0.5) is 0 Å². The molecule has 0 amide bonds. The van der Waals surface area contributed by atoms with Crippen molar-refractivity contribution in [1.29, 1.82) is 0 Å². The zero-order valence-electron chi connectivity index (χ0n) is 12.7. The maximum atomic E-state index is 12.4. The van der Waals surface area contributed by atoms with E-state index < -0.39 is 17.1 Å². The highest BCUT2D eigenvalue weighted by Crippen LogP contribution is 1.96. The van der Waals surface area contributed by atoms with Crippen molar-refractivity contribution < 1.29 is 0 Å². The summed E-state index contributed by atoms with van der Waals surface area (Å²) < 4.78 is 3.47. The first kappa shape index (κ1) is 19.5. The summed E-state index contributed by atoms with van der Waals surface area (Å²) in [4.78, 5) is 37.2. The SMILES string of the molecule is CSCCCn1c(=O)n(CCCS)c(=O)n(CCCS)c1=O. The van der Waals surface area contributed by atoms with E-state index in [9.17, 15) is 14.4 Å². The predicted molar refractivity (Wildman–Crippen MR) is 99.2 cm³/mol. The first-order valence-corrected chi connectivity index (χ1v) is 9.89. The Hall–Kier alpha value is -0.540. The van der Waals surface area contributed by atoms with Gasteiger partial charge in [-0.25, -0.2) is 28.1 Å². The van der Waals surface area contributed by atoms with Crippen LogP contribution in [0.1, 0.15) is 19.3 Å². The summed E-state index contributed by atoms with van der Waals surface area (Å²) in [5.41, 5.74) is -1.56. The summed E-state index contributed by atoms with van der Waals surface area (Å²) in [6.07, 6.45) is 3.90. The van der Waals surface area contributed by atoms with Gasteiger partial charge in [-0.05, 0) is 42.8 Å². The minimum atomic E-state index is -0.528. The van der Waals surface area contributed by atoms with E-state index >= 15 is 0 Å². The van der Waals surface area contributed by atoms with E-state index in [1.165, 1.54) is 4.57 Å². The summed E-state index contributed by atoms with van der Waals surface area (Å²) in [5, 5.41) is 0. The van der Waals surface area contributed by atoms with Crippen molar-refractivity contribution in [2.45, 2.75) is 38.9 Å². The molecule has 0 atom stereocenters. The molecular weight excluding hydrogens is 342 g/mol. The van der Waals surface area contributed by atoms with Gasteiger partial charge in [0, 0.05) is 19.6 Å². The maximum absolute atomic E-state index is 12.4. The van der Waals surface area contributed by atoms with Crippen LogP contribution in [-0.4, -0.2) is 37.2 Å². The summed E-state index contributed by atoms with van der Waals surface area (Å²) >= 11 is 9.88. The van der Waals surface area contributed by atoms with E-state index in [2.05, 4.69) is 25.3 Å². The molecule has 0 bridgehead atoms. The zero-order valence-corrected chi connectivity index (χ0v) is 15.3. The van der Waals surface area contributed by atoms with E-state index in [4.69, 9.17) is 0 Å². The average molecular weight is 366 g/mol. The molecule has 0 saturated heterocycles. The molecule has 0 saturated carbocycles. The number of thioether (sulfide) groups is 1. The highest BCUT2D eigenvalue weighted by molar-refractivity contribution is 7.98. The van der Waals surface area contributed by atoms with Crippen molar-refractivity contribution >= 4 is 37.0 Å². The fraction of sp³-hybridized carbons (Fsp3) is 0.769. The van der Waals surface area contributed by atoms with E-state index in [0.717, 1.165) is 14.9 Å². The second kappa shape index (κ2) is 10.3. The van der Waals surface area contributed by atoms with Gasteiger partial charge in [0.1, 0.15) is 0 Å². The van der Waals surface area contributed by atoms with Gasteiger partial charge in [-0.1, -0.05) is 0 Å². The van der Waals surface area contributed by atoms with Crippen molar-refractivity contribution in [1.82, 2.24) is 13.7 Å². The lowest BCUT2D eigenvalue weighted by molar-refractivity contribution is 0.440. The van der Waals surface area contributed by atoms with Crippen molar-refractivity contribution in [3.63, 3.8) is 0 Å². The molecule has 1 aromatic rings. The molecule has 126 valence electrons. The molecule has 0 aliphatic carbocycles. The lowest BCUT2D eigenvalue weighted by Gasteiger charge is -2.13. The summed E-state index contributed by atoms with van der Waals surface area (Å²) in [5.74, 6) is 2.01. The number of aromatic nitrogens is 3. The minimum absolute atomic E-state index is 0.283. The highest BCUT2D eigenvalue weighted by Gasteiger charge is 2.14. The standard InChI is InChI=1S/C13H23N3O3S3/c1-22-10-4-7-16-12(18)14(5-2-8-20)11(17)15(13(16)19)6-3-9-21/h20-21H,2-10H2,1H3. The molecule has 0 aliphatic rings. The Morgan fingerprint density at radius 2 is 1.14 bits per heavy atom. The maximum Gasteiger partial charge on any atom is 0.336 e. The van der Waals surface area contributed by atoms with E-state index in [1.54, 1.807) is 11.8 Å². The van der Waals surface area contributed by atoms with Crippen LogP contribution in [-0.2, 0) is 19.6 Å². The van der Waals surface area contributed by atoms with Gasteiger partial charge in [0.15, 0.2) is 0 Å². The number of hydrogen-bond donors (Lipinski definition) is 2. The average Bonchev–Trinajstić information content (AvgIpc) is 2.50. The summed E-state index contributed by atoms with van der Waals surface area (Å²) in [6, 6.07) is 0. The van der Waals surface area contributed by atoms with Crippen molar-refractivity contribution in [3.05, 3.63) is 31.5 Å². The fourth-order valence-corrected chi connectivity index (χ4v) is 2.78. The van der Waals surface area contributed by atoms with Crippen LogP contribution >= 0.6 is 37.0 Å². The van der Waals surface area contributed by atoms with Crippen LogP contribution < -0.4 is 17.1 Å².